The maximum Gasteiger partial charge on any atom is 0.232 e. The zero-order chi connectivity index (χ0) is 12.5. The SMILES string of the molecule is Clc1nc(Oc2ccccc2Br)c2ccsc2n1. The Morgan fingerprint density at radius 2 is 2.00 bits per heavy atom. The van der Waals surface area contributed by atoms with Crippen LogP contribution in [0.25, 0.3) is 10.2 Å². The minimum atomic E-state index is 0.187. The molecule has 0 aliphatic heterocycles. The van der Waals surface area contributed by atoms with Crippen molar-refractivity contribution in [3.8, 4) is 11.6 Å². The highest BCUT2D eigenvalue weighted by atomic mass is 79.9. The van der Waals surface area contributed by atoms with Gasteiger partial charge in [-0.3, -0.25) is 0 Å². The van der Waals surface area contributed by atoms with Gasteiger partial charge in [-0.2, -0.15) is 4.98 Å². The number of hydrogen-bond acceptors (Lipinski definition) is 4. The lowest BCUT2D eigenvalue weighted by molar-refractivity contribution is 0.465. The lowest BCUT2D eigenvalue weighted by atomic mass is 10.3. The van der Waals surface area contributed by atoms with Crippen LogP contribution < -0.4 is 4.74 Å². The number of fused-ring (bicyclic) bond motifs is 1. The number of aromatic nitrogens is 2. The number of para-hydroxylation sites is 1. The maximum atomic E-state index is 5.88. The van der Waals surface area contributed by atoms with E-state index in [-0.39, 0.29) is 5.28 Å². The summed E-state index contributed by atoms with van der Waals surface area (Å²) in [7, 11) is 0. The molecule has 2 heterocycles. The molecule has 1 aromatic carbocycles. The van der Waals surface area contributed by atoms with E-state index in [4.69, 9.17) is 16.3 Å². The van der Waals surface area contributed by atoms with Gasteiger partial charge in [0.2, 0.25) is 11.2 Å². The van der Waals surface area contributed by atoms with E-state index in [9.17, 15) is 0 Å². The largest absolute Gasteiger partial charge is 0.437 e. The van der Waals surface area contributed by atoms with Crippen molar-refractivity contribution in [2.24, 2.45) is 0 Å². The van der Waals surface area contributed by atoms with E-state index < -0.39 is 0 Å². The van der Waals surface area contributed by atoms with Crippen LogP contribution in [0.5, 0.6) is 11.6 Å². The van der Waals surface area contributed by atoms with Gasteiger partial charge >= 0.3 is 0 Å². The fraction of sp³-hybridized carbons (Fsp3) is 0. The van der Waals surface area contributed by atoms with Gasteiger partial charge in [0.1, 0.15) is 10.6 Å². The number of nitrogens with zero attached hydrogens (tertiary/aromatic N) is 2. The third-order valence-electron chi connectivity index (χ3n) is 2.31. The van der Waals surface area contributed by atoms with Crippen LogP contribution in [0.15, 0.2) is 40.2 Å². The molecule has 0 atom stereocenters. The fourth-order valence-electron chi connectivity index (χ4n) is 1.51. The molecular weight excluding hydrogens is 336 g/mol. The molecule has 0 aliphatic rings. The molecule has 3 rings (SSSR count). The molecule has 90 valence electrons. The van der Waals surface area contributed by atoms with Crippen molar-refractivity contribution in [3.63, 3.8) is 0 Å². The number of thiophene rings is 1. The van der Waals surface area contributed by atoms with E-state index in [1.165, 1.54) is 11.3 Å². The third kappa shape index (κ3) is 2.21. The summed E-state index contributed by atoms with van der Waals surface area (Å²) in [4.78, 5) is 9.09. The van der Waals surface area contributed by atoms with Crippen molar-refractivity contribution < 1.29 is 4.74 Å². The predicted molar refractivity (Wildman–Crippen MR) is 76.6 cm³/mol. The molecule has 0 radical (unpaired) electrons. The molecule has 0 N–H and O–H groups in total. The molecule has 3 aromatic rings. The summed E-state index contributed by atoms with van der Waals surface area (Å²) >= 11 is 10.8. The normalized spacial score (nSPS) is 10.8. The Balaban J connectivity index is 2.10. The number of rotatable bonds is 2. The van der Waals surface area contributed by atoms with Crippen molar-refractivity contribution in [1.29, 1.82) is 0 Å². The molecule has 0 aliphatic carbocycles. The van der Waals surface area contributed by atoms with Crippen molar-refractivity contribution in [3.05, 3.63) is 45.5 Å². The zero-order valence-electron chi connectivity index (χ0n) is 8.93. The highest BCUT2D eigenvalue weighted by Gasteiger charge is 2.11. The van der Waals surface area contributed by atoms with Gasteiger partial charge in [-0.1, -0.05) is 12.1 Å². The van der Waals surface area contributed by atoms with Gasteiger partial charge < -0.3 is 4.74 Å². The summed E-state index contributed by atoms with van der Waals surface area (Å²) in [5.74, 6) is 1.16. The maximum absolute atomic E-state index is 5.88. The monoisotopic (exact) mass is 340 g/mol. The van der Waals surface area contributed by atoms with Gasteiger partial charge in [0.05, 0.1) is 9.86 Å². The summed E-state index contributed by atoms with van der Waals surface area (Å²) in [6, 6.07) is 9.50. The summed E-state index contributed by atoms with van der Waals surface area (Å²) in [6.07, 6.45) is 0. The van der Waals surface area contributed by atoms with E-state index in [1.807, 2.05) is 35.7 Å². The lowest BCUT2D eigenvalue weighted by Gasteiger charge is -2.07. The minimum Gasteiger partial charge on any atom is -0.437 e. The second-order valence-corrected chi connectivity index (χ2v) is 5.56. The average molecular weight is 342 g/mol. The summed E-state index contributed by atoms with van der Waals surface area (Å²) < 4.78 is 6.65. The summed E-state index contributed by atoms with van der Waals surface area (Å²) in [5.41, 5.74) is 0. The topological polar surface area (TPSA) is 35.0 Å². The van der Waals surface area contributed by atoms with Gasteiger partial charge in [-0.05, 0) is 51.1 Å². The minimum absolute atomic E-state index is 0.187. The van der Waals surface area contributed by atoms with E-state index in [2.05, 4.69) is 25.9 Å². The Kier molecular flexibility index (Phi) is 3.20. The van der Waals surface area contributed by atoms with Crippen molar-refractivity contribution >= 4 is 49.1 Å². The van der Waals surface area contributed by atoms with Crippen LogP contribution in [0.4, 0.5) is 0 Å². The van der Waals surface area contributed by atoms with Gasteiger partial charge in [0, 0.05) is 0 Å². The zero-order valence-corrected chi connectivity index (χ0v) is 12.1. The molecule has 0 unspecified atom stereocenters. The quantitative estimate of drug-likeness (QED) is 0.622. The van der Waals surface area contributed by atoms with Crippen LogP contribution in [-0.4, -0.2) is 9.97 Å². The molecule has 3 nitrogen and oxygen atoms in total. The second kappa shape index (κ2) is 4.84. The summed E-state index contributed by atoms with van der Waals surface area (Å²) in [6.45, 7) is 0. The molecule has 0 bridgehead atoms. The van der Waals surface area contributed by atoms with Gasteiger partial charge in [-0.15, -0.1) is 11.3 Å². The Bertz CT molecular complexity index is 716. The molecule has 2 aromatic heterocycles. The lowest BCUT2D eigenvalue weighted by Crippen LogP contribution is -1.91. The first-order valence-electron chi connectivity index (χ1n) is 5.07. The molecular formula is C12H6BrClN2OS. The number of ether oxygens (including phenoxy) is 1. The summed E-state index contributed by atoms with van der Waals surface area (Å²) in [5, 5.41) is 2.98. The van der Waals surface area contributed by atoms with Gasteiger partial charge in [-0.25, -0.2) is 4.98 Å². The Hall–Kier alpha value is -1.17. The van der Waals surface area contributed by atoms with Crippen LogP contribution in [-0.2, 0) is 0 Å². The van der Waals surface area contributed by atoms with E-state index in [1.54, 1.807) is 0 Å². The number of benzene rings is 1. The predicted octanol–water partition coefficient (Wildman–Crippen LogP) is 4.90. The van der Waals surface area contributed by atoms with Crippen LogP contribution in [0.3, 0.4) is 0 Å². The Labute approximate surface area is 121 Å². The highest BCUT2D eigenvalue weighted by Crippen LogP contribution is 2.34. The first kappa shape index (κ1) is 11.9. The van der Waals surface area contributed by atoms with Crippen LogP contribution in [0.2, 0.25) is 5.28 Å². The third-order valence-corrected chi connectivity index (χ3v) is 3.94. The van der Waals surface area contributed by atoms with Crippen LogP contribution >= 0.6 is 38.9 Å². The number of halogens is 2. The van der Waals surface area contributed by atoms with E-state index in [0.29, 0.717) is 11.6 Å². The smallest absolute Gasteiger partial charge is 0.232 e. The van der Waals surface area contributed by atoms with Crippen LogP contribution in [0.1, 0.15) is 0 Å². The van der Waals surface area contributed by atoms with Crippen molar-refractivity contribution in [2.75, 3.05) is 0 Å². The molecule has 0 saturated carbocycles. The average Bonchev–Trinajstić information content (AvgIpc) is 2.80. The van der Waals surface area contributed by atoms with E-state index in [0.717, 1.165) is 14.7 Å². The standard InChI is InChI=1S/C12H6BrClN2OS/c13-8-3-1-2-4-9(8)17-10-7-5-6-18-11(7)16-12(14)15-10/h1-6H. The first-order chi connectivity index (χ1) is 8.74. The molecule has 0 saturated heterocycles. The molecule has 0 amide bonds. The first-order valence-corrected chi connectivity index (χ1v) is 7.12. The van der Waals surface area contributed by atoms with Crippen LogP contribution in [0, 0.1) is 0 Å². The Morgan fingerprint density at radius 1 is 1.17 bits per heavy atom. The van der Waals surface area contributed by atoms with Gasteiger partial charge in [0.15, 0.2) is 0 Å². The van der Waals surface area contributed by atoms with Crippen molar-refractivity contribution in [1.82, 2.24) is 9.97 Å². The molecule has 0 fully saturated rings. The molecule has 6 heteroatoms. The highest BCUT2D eigenvalue weighted by molar-refractivity contribution is 9.10. The second-order valence-electron chi connectivity index (χ2n) is 3.47. The number of hydrogen-bond donors (Lipinski definition) is 0. The van der Waals surface area contributed by atoms with Crippen molar-refractivity contribution in [2.45, 2.75) is 0 Å². The Morgan fingerprint density at radius 3 is 2.83 bits per heavy atom. The molecule has 18 heavy (non-hydrogen) atoms. The molecule has 0 spiro atoms. The van der Waals surface area contributed by atoms with Gasteiger partial charge in [0.25, 0.3) is 0 Å². The van der Waals surface area contributed by atoms with E-state index >= 15 is 0 Å². The fourth-order valence-corrected chi connectivity index (χ4v) is 2.84.